The van der Waals surface area contributed by atoms with E-state index < -0.39 is 0 Å². The number of aryl methyl sites for hydroxylation is 1. The fourth-order valence-corrected chi connectivity index (χ4v) is 3.10. The highest BCUT2D eigenvalue weighted by Crippen LogP contribution is 2.31. The van der Waals surface area contributed by atoms with E-state index in [0.717, 1.165) is 11.4 Å². The molecule has 0 bridgehead atoms. The third-order valence-electron chi connectivity index (χ3n) is 4.49. The maximum Gasteiger partial charge on any atom is 0.0396 e. The van der Waals surface area contributed by atoms with Crippen molar-refractivity contribution < 1.29 is 0 Å². The highest BCUT2D eigenvalue weighted by atomic mass is 14.9. The van der Waals surface area contributed by atoms with Gasteiger partial charge < -0.3 is 5.32 Å². The number of hydrogen-bond donors (Lipinski definition) is 1. The summed E-state index contributed by atoms with van der Waals surface area (Å²) in [7, 11) is 0. The van der Waals surface area contributed by atoms with Crippen LogP contribution in [-0.2, 0) is 0 Å². The highest BCUT2D eigenvalue weighted by molar-refractivity contribution is 5.79. The van der Waals surface area contributed by atoms with Crippen LogP contribution < -0.4 is 5.32 Å². The Morgan fingerprint density at radius 3 is 1.46 bits per heavy atom. The van der Waals surface area contributed by atoms with Crippen molar-refractivity contribution in [3.05, 3.63) is 109 Å². The average Bonchev–Trinajstić information content (AvgIpc) is 2.71. The van der Waals surface area contributed by atoms with E-state index in [1.807, 2.05) is 0 Å². The Bertz CT molecular complexity index is 929. The van der Waals surface area contributed by atoms with E-state index >= 15 is 0 Å². The molecule has 0 atom stereocenters. The summed E-state index contributed by atoms with van der Waals surface area (Å²) >= 11 is 0. The Kier molecular flexibility index (Phi) is 4.53. The lowest BCUT2D eigenvalue weighted by Crippen LogP contribution is -1.92. The molecule has 4 aromatic carbocycles. The standard InChI is InChI=1S/C25H21N/c1-19-12-14-24(15-13-19)26-25-17-22(20-8-4-2-5-9-20)16-23(18-25)21-10-6-3-7-11-21/h2-18,26H,1H3. The van der Waals surface area contributed by atoms with Crippen LogP contribution in [0.15, 0.2) is 103 Å². The zero-order valence-electron chi connectivity index (χ0n) is 14.8. The lowest BCUT2D eigenvalue weighted by Gasteiger charge is -2.13. The molecular weight excluding hydrogens is 314 g/mol. The van der Waals surface area contributed by atoms with Crippen molar-refractivity contribution in [3.8, 4) is 22.3 Å². The molecule has 1 N–H and O–H groups in total. The normalized spacial score (nSPS) is 10.5. The quantitative estimate of drug-likeness (QED) is 0.420. The zero-order chi connectivity index (χ0) is 17.8. The van der Waals surface area contributed by atoms with Gasteiger partial charge in [-0.1, -0.05) is 78.4 Å². The first-order chi connectivity index (χ1) is 12.8. The summed E-state index contributed by atoms with van der Waals surface area (Å²) in [5.74, 6) is 0. The molecule has 0 amide bonds. The minimum absolute atomic E-state index is 1.09. The van der Waals surface area contributed by atoms with Crippen molar-refractivity contribution in [1.82, 2.24) is 0 Å². The highest BCUT2D eigenvalue weighted by Gasteiger charge is 2.06. The Morgan fingerprint density at radius 1 is 0.462 bits per heavy atom. The van der Waals surface area contributed by atoms with E-state index in [1.165, 1.54) is 27.8 Å². The van der Waals surface area contributed by atoms with Crippen molar-refractivity contribution in [2.45, 2.75) is 6.92 Å². The summed E-state index contributed by atoms with van der Waals surface area (Å²) in [4.78, 5) is 0. The molecule has 0 fully saturated rings. The molecule has 0 aliphatic carbocycles. The SMILES string of the molecule is Cc1ccc(Nc2cc(-c3ccccc3)cc(-c3ccccc3)c2)cc1. The molecule has 0 aromatic heterocycles. The van der Waals surface area contributed by atoms with Gasteiger partial charge in [-0.3, -0.25) is 0 Å². The third-order valence-corrected chi connectivity index (χ3v) is 4.49. The van der Waals surface area contributed by atoms with Gasteiger partial charge in [0, 0.05) is 11.4 Å². The second kappa shape index (κ2) is 7.28. The van der Waals surface area contributed by atoms with Crippen LogP contribution in [0.2, 0.25) is 0 Å². The molecule has 0 radical (unpaired) electrons. The van der Waals surface area contributed by atoms with Crippen LogP contribution in [0.1, 0.15) is 5.56 Å². The molecule has 1 nitrogen and oxygen atoms in total. The average molecular weight is 335 g/mol. The van der Waals surface area contributed by atoms with Gasteiger partial charge >= 0.3 is 0 Å². The number of rotatable bonds is 4. The van der Waals surface area contributed by atoms with Gasteiger partial charge in [-0.25, -0.2) is 0 Å². The van der Waals surface area contributed by atoms with E-state index in [1.54, 1.807) is 0 Å². The minimum atomic E-state index is 1.09. The van der Waals surface area contributed by atoms with Crippen LogP contribution in [-0.4, -0.2) is 0 Å². The van der Waals surface area contributed by atoms with E-state index in [9.17, 15) is 0 Å². The first-order valence-corrected chi connectivity index (χ1v) is 8.87. The summed E-state index contributed by atoms with van der Waals surface area (Å²) in [5, 5.41) is 3.55. The zero-order valence-corrected chi connectivity index (χ0v) is 14.8. The second-order valence-electron chi connectivity index (χ2n) is 6.52. The van der Waals surface area contributed by atoms with E-state index in [0.29, 0.717) is 0 Å². The largest absolute Gasteiger partial charge is 0.355 e. The van der Waals surface area contributed by atoms with E-state index in [-0.39, 0.29) is 0 Å². The van der Waals surface area contributed by atoms with Gasteiger partial charge in [-0.2, -0.15) is 0 Å². The maximum atomic E-state index is 3.55. The molecule has 126 valence electrons. The van der Waals surface area contributed by atoms with Gasteiger partial charge in [0.25, 0.3) is 0 Å². The van der Waals surface area contributed by atoms with Gasteiger partial charge in [0.2, 0.25) is 0 Å². The number of benzene rings is 4. The molecule has 0 aliphatic heterocycles. The fraction of sp³-hybridized carbons (Fsp3) is 0.0400. The monoisotopic (exact) mass is 335 g/mol. The van der Waals surface area contributed by atoms with E-state index in [2.05, 4.69) is 115 Å². The minimum Gasteiger partial charge on any atom is -0.355 e. The van der Waals surface area contributed by atoms with Crippen molar-refractivity contribution in [2.24, 2.45) is 0 Å². The van der Waals surface area contributed by atoms with Crippen molar-refractivity contribution in [3.63, 3.8) is 0 Å². The number of hydrogen-bond acceptors (Lipinski definition) is 1. The van der Waals surface area contributed by atoms with Gasteiger partial charge in [-0.05, 0) is 59.5 Å². The van der Waals surface area contributed by atoms with Crippen LogP contribution >= 0.6 is 0 Å². The Morgan fingerprint density at radius 2 is 0.962 bits per heavy atom. The topological polar surface area (TPSA) is 12.0 Å². The Hall–Kier alpha value is -3.32. The van der Waals surface area contributed by atoms with Gasteiger partial charge in [0.15, 0.2) is 0 Å². The predicted octanol–water partition coefficient (Wildman–Crippen LogP) is 7.07. The summed E-state index contributed by atoms with van der Waals surface area (Å²) in [6.45, 7) is 2.10. The van der Waals surface area contributed by atoms with Crippen molar-refractivity contribution >= 4 is 11.4 Å². The summed E-state index contributed by atoms with van der Waals surface area (Å²) in [6, 6.07) is 36.2. The molecular formula is C25H21N. The smallest absolute Gasteiger partial charge is 0.0396 e. The van der Waals surface area contributed by atoms with Crippen molar-refractivity contribution in [1.29, 1.82) is 0 Å². The number of anilines is 2. The number of nitrogens with one attached hydrogen (secondary N) is 1. The van der Waals surface area contributed by atoms with Crippen LogP contribution in [0.3, 0.4) is 0 Å². The lowest BCUT2D eigenvalue weighted by molar-refractivity contribution is 1.45. The van der Waals surface area contributed by atoms with Crippen molar-refractivity contribution in [2.75, 3.05) is 5.32 Å². The van der Waals surface area contributed by atoms with E-state index in [4.69, 9.17) is 0 Å². The summed E-state index contributed by atoms with van der Waals surface area (Å²) in [6.07, 6.45) is 0. The van der Waals surface area contributed by atoms with Gasteiger partial charge in [0.05, 0.1) is 0 Å². The lowest BCUT2D eigenvalue weighted by atomic mass is 9.98. The molecule has 0 heterocycles. The van der Waals surface area contributed by atoms with Gasteiger partial charge in [0.1, 0.15) is 0 Å². The van der Waals surface area contributed by atoms with Crippen LogP contribution in [0.5, 0.6) is 0 Å². The van der Waals surface area contributed by atoms with Gasteiger partial charge in [-0.15, -0.1) is 0 Å². The summed E-state index contributed by atoms with van der Waals surface area (Å²) < 4.78 is 0. The Labute approximate surface area is 155 Å². The molecule has 0 aliphatic rings. The molecule has 0 saturated heterocycles. The first kappa shape index (κ1) is 16.2. The second-order valence-corrected chi connectivity index (χ2v) is 6.52. The fourth-order valence-electron chi connectivity index (χ4n) is 3.10. The van der Waals surface area contributed by atoms with Crippen LogP contribution in [0.4, 0.5) is 11.4 Å². The maximum absolute atomic E-state index is 3.55. The third kappa shape index (κ3) is 3.68. The first-order valence-electron chi connectivity index (χ1n) is 8.87. The predicted molar refractivity (Wildman–Crippen MR) is 112 cm³/mol. The molecule has 0 saturated carbocycles. The molecule has 0 unspecified atom stereocenters. The van der Waals surface area contributed by atoms with Crippen LogP contribution in [0.25, 0.3) is 22.3 Å². The molecule has 4 rings (SSSR count). The molecule has 26 heavy (non-hydrogen) atoms. The molecule has 4 aromatic rings. The van der Waals surface area contributed by atoms with Crippen LogP contribution in [0, 0.1) is 6.92 Å². The summed E-state index contributed by atoms with van der Waals surface area (Å²) in [5.41, 5.74) is 8.31. The Balaban J connectivity index is 1.78. The molecule has 0 spiro atoms. The molecule has 1 heteroatoms.